The Labute approximate surface area is 114 Å². The van der Waals surface area contributed by atoms with Crippen molar-refractivity contribution in [2.45, 2.75) is 19.1 Å². The molecule has 0 aliphatic heterocycles. The molecule has 0 saturated carbocycles. The minimum Gasteiger partial charge on any atom is -0.324 e. The molecule has 1 unspecified atom stereocenters. The van der Waals surface area contributed by atoms with Crippen LogP contribution in [0, 0.1) is 5.82 Å². The highest BCUT2D eigenvalue weighted by Gasteiger charge is 2.34. The normalized spacial score (nSPS) is 13.3. The third-order valence-electron chi connectivity index (χ3n) is 3.04. The first-order valence-corrected chi connectivity index (χ1v) is 6.01. The first-order chi connectivity index (χ1) is 9.29. The van der Waals surface area contributed by atoms with E-state index in [-0.39, 0.29) is 6.04 Å². The van der Waals surface area contributed by atoms with E-state index in [0.29, 0.717) is 11.1 Å². The second-order valence-electron chi connectivity index (χ2n) is 4.60. The van der Waals surface area contributed by atoms with Gasteiger partial charge < -0.3 is 5.73 Å². The van der Waals surface area contributed by atoms with Crippen LogP contribution < -0.4 is 5.73 Å². The zero-order chi connectivity index (χ0) is 14.9. The van der Waals surface area contributed by atoms with Gasteiger partial charge in [0.15, 0.2) is 0 Å². The minimum absolute atomic E-state index is 0.150. The van der Waals surface area contributed by atoms with Gasteiger partial charge in [0.05, 0.1) is 5.56 Å². The predicted molar refractivity (Wildman–Crippen MR) is 69.4 cm³/mol. The molecule has 0 aromatic heterocycles. The van der Waals surface area contributed by atoms with Gasteiger partial charge in [0.1, 0.15) is 5.82 Å². The van der Waals surface area contributed by atoms with Crippen LogP contribution in [-0.2, 0) is 6.18 Å². The van der Waals surface area contributed by atoms with E-state index >= 15 is 0 Å². The average molecular weight is 283 g/mol. The van der Waals surface area contributed by atoms with Crippen LogP contribution in [0.2, 0.25) is 0 Å². The maximum absolute atomic E-state index is 13.2. The summed E-state index contributed by atoms with van der Waals surface area (Å²) in [5.41, 5.74) is 6.23. The molecule has 0 fully saturated rings. The summed E-state index contributed by atoms with van der Waals surface area (Å²) in [6, 6.07) is 9.66. The molecule has 106 valence electrons. The minimum atomic E-state index is -4.70. The Hall–Kier alpha value is -1.88. The first-order valence-electron chi connectivity index (χ1n) is 6.01. The SMILES string of the molecule is CC(N)c1ccc(-c2ccc(F)c(C(F)(F)F)c2)cc1. The fraction of sp³-hybridized carbons (Fsp3) is 0.200. The zero-order valence-corrected chi connectivity index (χ0v) is 10.7. The highest BCUT2D eigenvalue weighted by molar-refractivity contribution is 5.64. The van der Waals surface area contributed by atoms with Gasteiger partial charge in [0.25, 0.3) is 0 Å². The Kier molecular flexibility index (Phi) is 3.81. The molecule has 0 heterocycles. The van der Waals surface area contributed by atoms with Crippen LogP contribution in [0.5, 0.6) is 0 Å². The Morgan fingerprint density at radius 1 is 0.950 bits per heavy atom. The van der Waals surface area contributed by atoms with Gasteiger partial charge in [-0.1, -0.05) is 30.3 Å². The van der Waals surface area contributed by atoms with Gasteiger partial charge in [-0.15, -0.1) is 0 Å². The van der Waals surface area contributed by atoms with Crippen molar-refractivity contribution in [3.8, 4) is 11.1 Å². The number of hydrogen-bond acceptors (Lipinski definition) is 1. The summed E-state index contributed by atoms with van der Waals surface area (Å²) < 4.78 is 51.2. The molecule has 0 aliphatic carbocycles. The third kappa shape index (κ3) is 2.99. The standard InChI is InChI=1S/C15H13F4N/c1-9(20)10-2-4-11(5-3-10)12-6-7-14(16)13(8-12)15(17,18)19/h2-9H,20H2,1H3. The molecular formula is C15H13F4N. The molecule has 20 heavy (non-hydrogen) atoms. The van der Waals surface area contributed by atoms with Gasteiger partial charge in [0.2, 0.25) is 0 Å². The number of alkyl halides is 3. The van der Waals surface area contributed by atoms with Crippen LogP contribution in [0.25, 0.3) is 11.1 Å². The molecule has 0 radical (unpaired) electrons. The Morgan fingerprint density at radius 3 is 2.00 bits per heavy atom. The number of halogens is 4. The molecule has 0 saturated heterocycles. The van der Waals surface area contributed by atoms with Crippen molar-refractivity contribution in [3.63, 3.8) is 0 Å². The van der Waals surface area contributed by atoms with E-state index in [1.807, 2.05) is 6.92 Å². The van der Waals surface area contributed by atoms with Gasteiger partial charge in [0, 0.05) is 6.04 Å². The van der Waals surface area contributed by atoms with Gasteiger partial charge in [-0.3, -0.25) is 0 Å². The number of benzene rings is 2. The molecule has 5 heteroatoms. The lowest BCUT2D eigenvalue weighted by molar-refractivity contribution is -0.139. The van der Waals surface area contributed by atoms with E-state index in [1.54, 1.807) is 24.3 Å². The van der Waals surface area contributed by atoms with E-state index in [1.165, 1.54) is 6.07 Å². The summed E-state index contributed by atoms with van der Waals surface area (Å²) in [4.78, 5) is 0. The number of hydrogen-bond donors (Lipinski definition) is 1. The van der Waals surface area contributed by atoms with Crippen molar-refractivity contribution in [3.05, 3.63) is 59.4 Å². The molecule has 2 rings (SSSR count). The predicted octanol–water partition coefficient (Wildman–Crippen LogP) is 4.53. The van der Waals surface area contributed by atoms with Crippen molar-refractivity contribution in [1.82, 2.24) is 0 Å². The molecule has 1 atom stereocenters. The molecule has 1 nitrogen and oxygen atoms in total. The molecule has 0 aliphatic rings. The van der Waals surface area contributed by atoms with E-state index in [2.05, 4.69) is 0 Å². The van der Waals surface area contributed by atoms with Crippen molar-refractivity contribution < 1.29 is 17.6 Å². The molecule has 2 aromatic carbocycles. The molecule has 2 N–H and O–H groups in total. The molecule has 0 amide bonds. The molecular weight excluding hydrogens is 270 g/mol. The van der Waals surface area contributed by atoms with Crippen LogP contribution in [0.1, 0.15) is 24.1 Å². The number of nitrogens with two attached hydrogens (primary N) is 1. The maximum atomic E-state index is 13.2. The molecule has 0 bridgehead atoms. The van der Waals surface area contributed by atoms with Crippen LogP contribution in [0.15, 0.2) is 42.5 Å². The molecule has 0 spiro atoms. The quantitative estimate of drug-likeness (QED) is 0.805. The summed E-state index contributed by atoms with van der Waals surface area (Å²) in [5, 5.41) is 0. The summed E-state index contributed by atoms with van der Waals surface area (Å²) >= 11 is 0. The van der Waals surface area contributed by atoms with Gasteiger partial charge in [-0.25, -0.2) is 4.39 Å². The fourth-order valence-corrected chi connectivity index (χ4v) is 1.90. The van der Waals surface area contributed by atoms with Gasteiger partial charge in [-0.2, -0.15) is 13.2 Å². The first kappa shape index (κ1) is 14.5. The van der Waals surface area contributed by atoms with E-state index in [4.69, 9.17) is 5.73 Å². The van der Waals surface area contributed by atoms with Crippen molar-refractivity contribution >= 4 is 0 Å². The van der Waals surface area contributed by atoms with Crippen molar-refractivity contribution in [2.24, 2.45) is 5.73 Å². The second-order valence-corrected chi connectivity index (χ2v) is 4.60. The van der Waals surface area contributed by atoms with Crippen LogP contribution in [0.3, 0.4) is 0 Å². The summed E-state index contributed by atoms with van der Waals surface area (Å²) in [6.45, 7) is 1.81. The topological polar surface area (TPSA) is 26.0 Å². The lowest BCUT2D eigenvalue weighted by Gasteiger charge is -2.11. The average Bonchev–Trinajstić information content (AvgIpc) is 2.38. The van der Waals surface area contributed by atoms with Crippen LogP contribution in [0.4, 0.5) is 17.6 Å². The highest BCUT2D eigenvalue weighted by Crippen LogP contribution is 2.34. The summed E-state index contributed by atoms with van der Waals surface area (Å²) in [6.07, 6.45) is -4.70. The Balaban J connectivity index is 2.43. The lowest BCUT2D eigenvalue weighted by atomic mass is 10.00. The van der Waals surface area contributed by atoms with Crippen molar-refractivity contribution in [1.29, 1.82) is 0 Å². The van der Waals surface area contributed by atoms with E-state index in [0.717, 1.165) is 17.7 Å². The zero-order valence-electron chi connectivity index (χ0n) is 10.7. The fourth-order valence-electron chi connectivity index (χ4n) is 1.90. The maximum Gasteiger partial charge on any atom is 0.419 e. The Bertz CT molecular complexity index is 600. The largest absolute Gasteiger partial charge is 0.419 e. The van der Waals surface area contributed by atoms with Crippen LogP contribution in [-0.4, -0.2) is 0 Å². The summed E-state index contributed by atoms with van der Waals surface area (Å²) in [5.74, 6) is -1.27. The van der Waals surface area contributed by atoms with Gasteiger partial charge in [-0.05, 0) is 35.7 Å². The molecule has 2 aromatic rings. The van der Waals surface area contributed by atoms with Crippen LogP contribution >= 0.6 is 0 Å². The summed E-state index contributed by atoms with van der Waals surface area (Å²) in [7, 11) is 0. The van der Waals surface area contributed by atoms with E-state index in [9.17, 15) is 17.6 Å². The Morgan fingerprint density at radius 2 is 1.50 bits per heavy atom. The van der Waals surface area contributed by atoms with Gasteiger partial charge >= 0.3 is 6.18 Å². The monoisotopic (exact) mass is 283 g/mol. The van der Waals surface area contributed by atoms with E-state index < -0.39 is 17.6 Å². The smallest absolute Gasteiger partial charge is 0.324 e. The van der Waals surface area contributed by atoms with Crippen molar-refractivity contribution in [2.75, 3.05) is 0 Å². The second kappa shape index (κ2) is 5.25. The number of rotatable bonds is 2. The third-order valence-corrected chi connectivity index (χ3v) is 3.04. The highest BCUT2D eigenvalue weighted by atomic mass is 19.4. The lowest BCUT2D eigenvalue weighted by Crippen LogP contribution is -2.08.